The molecule has 1 aliphatic heterocycles. The molecule has 2 heterocycles. The van der Waals surface area contributed by atoms with Gasteiger partial charge in [0.1, 0.15) is 0 Å². The van der Waals surface area contributed by atoms with E-state index in [1.54, 1.807) is 19.1 Å². The van der Waals surface area contributed by atoms with Gasteiger partial charge >= 0.3 is 0 Å². The van der Waals surface area contributed by atoms with Gasteiger partial charge in [-0.25, -0.2) is 4.68 Å². The monoisotopic (exact) mass is 482 g/mol. The van der Waals surface area contributed by atoms with E-state index in [0.29, 0.717) is 28.8 Å². The first-order chi connectivity index (χ1) is 11.3. The van der Waals surface area contributed by atoms with Gasteiger partial charge in [0.2, 0.25) is 5.88 Å². The number of benzene rings is 1. The number of hydrogen-bond donors (Lipinski definition) is 0. The minimum Gasteiger partial charge on any atom is -0.434 e. The van der Waals surface area contributed by atoms with Crippen molar-refractivity contribution < 1.29 is 14.2 Å². The maximum absolute atomic E-state index is 12.4. The van der Waals surface area contributed by atoms with Crippen LogP contribution in [0, 0.1) is 3.57 Å². The topological polar surface area (TPSA) is 62.6 Å². The molecule has 24 heavy (non-hydrogen) atoms. The third-order valence-electron chi connectivity index (χ3n) is 3.54. The largest absolute Gasteiger partial charge is 0.434 e. The fourth-order valence-electron chi connectivity index (χ4n) is 2.36. The molecule has 0 bridgehead atoms. The van der Waals surface area contributed by atoms with Crippen molar-refractivity contribution in [2.24, 2.45) is 7.05 Å². The summed E-state index contributed by atoms with van der Waals surface area (Å²) in [7, 11) is 1.52. The van der Waals surface area contributed by atoms with Crippen LogP contribution in [0.3, 0.4) is 0 Å². The highest BCUT2D eigenvalue weighted by atomic mass is 127. The second-order valence-corrected chi connectivity index (χ2v) is 7.33. The van der Waals surface area contributed by atoms with Crippen molar-refractivity contribution in [3.63, 3.8) is 0 Å². The van der Waals surface area contributed by atoms with E-state index in [9.17, 15) is 4.79 Å². The summed E-state index contributed by atoms with van der Waals surface area (Å²) in [5.41, 5.74) is -0.0307. The number of aromatic nitrogens is 2. The molecule has 2 aromatic rings. The molecule has 0 atom stereocenters. The zero-order valence-electron chi connectivity index (χ0n) is 12.8. The van der Waals surface area contributed by atoms with E-state index in [1.807, 2.05) is 0 Å². The number of nitrogens with zero attached hydrogens (tertiary/aromatic N) is 2. The molecule has 0 spiro atoms. The molecule has 1 aromatic heterocycles. The first-order valence-electron chi connectivity index (χ1n) is 6.99. The quantitative estimate of drug-likeness (QED) is 0.624. The number of rotatable bonds is 3. The normalized spacial score (nSPS) is 16.4. The summed E-state index contributed by atoms with van der Waals surface area (Å²) < 4.78 is 18.9. The zero-order valence-corrected chi connectivity index (χ0v) is 16.5. The Morgan fingerprint density at radius 3 is 2.42 bits per heavy atom. The molecule has 1 aromatic carbocycles. The van der Waals surface area contributed by atoms with E-state index < -0.39 is 5.79 Å². The van der Waals surface area contributed by atoms with Crippen molar-refractivity contribution in [3.05, 3.63) is 47.7 Å². The zero-order chi connectivity index (χ0) is 17.5. The SMILES string of the molecule is Cn1nc(Oc2c(Cl)cc(I)cc2Cl)cc(C2(C)OCCO2)c1=O. The lowest BCUT2D eigenvalue weighted by molar-refractivity contribution is -0.151. The number of halogens is 3. The highest BCUT2D eigenvalue weighted by Gasteiger charge is 2.37. The molecule has 9 heteroatoms. The Morgan fingerprint density at radius 1 is 1.25 bits per heavy atom. The summed E-state index contributed by atoms with van der Waals surface area (Å²) in [6, 6.07) is 4.92. The Hall–Kier alpha value is -0.870. The first-order valence-corrected chi connectivity index (χ1v) is 8.83. The average Bonchev–Trinajstić information content (AvgIpc) is 2.94. The molecule has 6 nitrogen and oxygen atoms in total. The molecule has 1 aliphatic rings. The second kappa shape index (κ2) is 6.80. The highest BCUT2D eigenvalue weighted by Crippen LogP contribution is 2.38. The first kappa shape index (κ1) is 17.9. The predicted molar refractivity (Wildman–Crippen MR) is 98.0 cm³/mol. The van der Waals surface area contributed by atoms with E-state index in [1.165, 1.54) is 13.1 Å². The Labute approximate surface area is 161 Å². The Morgan fingerprint density at radius 2 is 1.83 bits per heavy atom. The molecule has 0 aliphatic carbocycles. The molecule has 0 unspecified atom stereocenters. The lowest BCUT2D eigenvalue weighted by Gasteiger charge is -2.22. The Kier molecular flexibility index (Phi) is 5.08. The molecular formula is C15H13Cl2IN2O4. The van der Waals surface area contributed by atoms with Gasteiger partial charge < -0.3 is 14.2 Å². The van der Waals surface area contributed by atoms with Gasteiger partial charge in [-0.1, -0.05) is 23.2 Å². The van der Waals surface area contributed by atoms with E-state index >= 15 is 0 Å². The van der Waals surface area contributed by atoms with E-state index in [0.717, 1.165) is 8.25 Å². The maximum Gasteiger partial charge on any atom is 0.275 e. The van der Waals surface area contributed by atoms with Crippen LogP contribution in [-0.2, 0) is 22.3 Å². The van der Waals surface area contributed by atoms with Crippen LogP contribution in [-0.4, -0.2) is 23.0 Å². The fourth-order valence-corrected chi connectivity index (χ4v) is 3.91. The van der Waals surface area contributed by atoms with Gasteiger partial charge in [0, 0.05) is 16.7 Å². The third kappa shape index (κ3) is 3.41. The summed E-state index contributed by atoms with van der Waals surface area (Å²) in [6.07, 6.45) is 0. The summed E-state index contributed by atoms with van der Waals surface area (Å²) in [6.45, 7) is 2.51. The highest BCUT2D eigenvalue weighted by molar-refractivity contribution is 14.1. The van der Waals surface area contributed by atoms with Crippen molar-refractivity contribution in [1.29, 1.82) is 0 Å². The fraction of sp³-hybridized carbons (Fsp3) is 0.333. The van der Waals surface area contributed by atoms with Gasteiger partial charge in [-0.15, -0.1) is 5.10 Å². The van der Waals surface area contributed by atoms with Crippen molar-refractivity contribution in [3.8, 4) is 11.6 Å². The van der Waals surface area contributed by atoms with Crippen LogP contribution in [0.1, 0.15) is 12.5 Å². The number of aryl methyl sites for hydroxylation is 1. The van der Waals surface area contributed by atoms with Gasteiger partial charge in [-0.05, 0) is 41.6 Å². The Balaban J connectivity index is 2.04. The lowest BCUT2D eigenvalue weighted by Crippen LogP contribution is -2.34. The predicted octanol–water partition coefficient (Wildman–Crippen LogP) is 3.70. The van der Waals surface area contributed by atoms with Gasteiger partial charge in [0.25, 0.3) is 5.56 Å². The molecule has 1 saturated heterocycles. The van der Waals surface area contributed by atoms with Crippen molar-refractivity contribution in [2.45, 2.75) is 12.7 Å². The molecule has 0 N–H and O–H groups in total. The Bertz CT molecular complexity index is 827. The van der Waals surface area contributed by atoms with Crippen LogP contribution >= 0.6 is 45.8 Å². The number of hydrogen-bond acceptors (Lipinski definition) is 5. The van der Waals surface area contributed by atoms with Crippen molar-refractivity contribution in [2.75, 3.05) is 13.2 Å². The third-order valence-corrected chi connectivity index (χ3v) is 4.72. The van der Waals surface area contributed by atoms with Crippen LogP contribution in [0.15, 0.2) is 23.0 Å². The van der Waals surface area contributed by atoms with Gasteiger partial charge in [-0.3, -0.25) is 4.79 Å². The molecule has 1 fully saturated rings. The van der Waals surface area contributed by atoms with Crippen LogP contribution < -0.4 is 10.3 Å². The maximum atomic E-state index is 12.4. The van der Waals surface area contributed by atoms with Crippen LogP contribution in [0.4, 0.5) is 0 Å². The molecular weight excluding hydrogens is 470 g/mol. The van der Waals surface area contributed by atoms with Crippen LogP contribution in [0.2, 0.25) is 10.0 Å². The summed E-state index contributed by atoms with van der Waals surface area (Å²) >= 11 is 14.5. The summed E-state index contributed by atoms with van der Waals surface area (Å²) in [4.78, 5) is 12.4. The van der Waals surface area contributed by atoms with Gasteiger partial charge in [0.15, 0.2) is 11.5 Å². The minimum atomic E-state index is -1.13. The van der Waals surface area contributed by atoms with Crippen molar-refractivity contribution in [1.82, 2.24) is 9.78 Å². The molecule has 0 radical (unpaired) electrons. The minimum absolute atomic E-state index is 0.164. The smallest absolute Gasteiger partial charge is 0.275 e. The van der Waals surface area contributed by atoms with E-state index in [2.05, 4.69) is 27.7 Å². The number of ether oxygens (including phenoxy) is 3. The summed E-state index contributed by atoms with van der Waals surface area (Å²) in [5.74, 6) is -0.693. The second-order valence-electron chi connectivity index (χ2n) is 5.27. The van der Waals surface area contributed by atoms with Crippen LogP contribution in [0.5, 0.6) is 11.6 Å². The standard InChI is InChI=1S/C15H13Cl2IN2O4/c1-15(22-3-4-23-15)9-7-12(19-20(2)14(9)21)24-13-10(16)5-8(18)6-11(13)17/h5-7H,3-4H2,1-2H3. The molecule has 3 rings (SSSR count). The molecule has 0 saturated carbocycles. The van der Waals surface area contributed by atoms with E-state index in [-0.39, 0.29) is 17.2 Å². The average molecular weight is 483 g/mol. The van der Waals surface area contributed by atoms with Crippen LogP contribution in [0.25, 0.3) is 0 Å². The van der Waals surface area contributed by atoms with E-state index in [4.69, 9.17) is 37.4 Å². The van der Waals surface area contributed by atoms with Gasteiger partial charge in [-0.2, -0.15) is 0 Å². The summed E-state index contributed by atoms with van der Waals surface area (Å²) in [5, 5.41) is 4.79. The lowest BCUT2D eigenvalue weighted by atomic mass is 10.1. The van der Waals surface area contributed by atoms with Gasteiger partial charge in [0.05, 0.1) is 28.8 Å². The molecule has 0 amide bonds. The van der Waals surface area contributed by atoms with Crippen molar-refractivity contribution >= 4 is 45.8 Å². The molecule has 128 valence electrons.